The van der Waals surface area contributed by atoms with E-state index in [4.69, 9.17) is 11.6 Å². The number of hydrogen-bond acceptors (Lipinski definition) is 1. The number of halogens is 2. The zero-order chi connectivity index (χ0) is 11.3. The maximum atomic E-state index is 12.7. The molecule has 1 N–H and O–H groups in total. The topological polar surface area (TPSA) is 20.2 Å². The molecule has 1 unspecified atom stereocenters. The third-order valence-electron chi connectivity index (χ3n) is 1.99. The summed E-state index contributed by atoms with van der Waals surface area (Å²) in [6.45, 7) is 1.72. The summed E-state index contributed by atoms with van der Waals surface area (Å²) in [5.74, 6) is 5.12. The lowest BCUT2D eigenvalue weighted by molar-refractivity contribution is 0.180. The minimum atomic E-state index is -0.555. The average molecular weight is 227 g/mol. The Morgan fingerprint density at radius 1 is 1.53 bits per heavy atom. The molecule has 1 aromatic carbocycles. The maximum Gasteiger partial charge on any atom is 0.124 e. The molecule has 0 heterocycles. The minimum Gasteiger partial charge on any atom is -0.392 e. The molecule has 1 aromatic rings. The van der Waals surface area contributed by atoms with Crippen LogP contribution in [0.5, 0.6) is 0 Å². The third-order valence-corrected chi connectivity index (χ3v) is 2.34. The Bertz CT molecular complexity index is 392. The van der Waals surface area contributed by atoms with E-state index in [1.54, 1.807) is 13.0 Å². The van der Waals surface area contributed by atoms with Gasteiger partial charge in [-0.3, -0.25) is 0 Å². The summed E-state index contributed by atoms with van der Waals surface area (Å²) in [4.78, 5) is 0. The van der Waals surface area contributed by atoms with E-state index in [9.17, 15) is 9.50 Å². The SMILES string of the molecule is CC#CCC(O)Cc1ccc(F)cc1Cl. The molecule has 3 heteroatoms. The molecule has 0 bridgehead atoms. The van der Waals surface area contributed by atoms with Crippen molar-refractivity contribution in [1.82, 2.24) is 0 Å². The summed E-state index contributed by atoms with van der Waals surface area (Å²) in [7, 11) is 0. The number of aliphatic hydroxyl groups excluding tert-OH is 1. The Hall–Kier alpha value is -1.04. The zero-order valence-electron chi connectivity index (χ0n) is 8.43. The van der Waals surface area contributed by atoms with Crippen molar-refractivity contribution in [3.63, 3.8) is 0 Å². The highest BCUT2D eigenvalue weighted by atomic mass is 35.5. The quantitative estimate of drug-likeness (QED) is 0.786. The Balaban J connectivity index is 2.66. The van der Waals surface area contributed by atoms with Crippen LogP contribution in [0.2, 0.25) is 5.02 Å². The first-order chi connectivity index (χ1) is 7.13. The van der Waals surface area contributed by atoms with Gasteiger partial charge in [-0.15, -0.1) is 11.8 Å². The Labute approximate surface area is 93.9 Å². The van der Waals surface area contributed by atoms with Gasteiger partial charge in [0.05, 0.1) is 6.10 Å². The number of rotatable bonds is 3. The van der Waals surface area contributed by atoms with E-state index in [1.165, 1.54) is 12.1 Å². The Morgan fingerprint density at radius 3 is 2.87 bits per heavy atom. The largest absolute Gasteiger partial charge is 0.392 e. The molecule has 0 amide bonds. The first kappa shape index (κ1) is 12.0. The van der Waals surface area contributed by atoms with Crippen LogP contribution in [0.25, 0.3) is 0 Å². The van der Waals surface area contributed by atoms with Crippen LogP contribution >= 0.6 is 11.6 Å². The highest BCUT2D eigenvalue weighted by Crippen LogP contribution is 2.19. The number of hydrogen-bond donors (Lipinski definition) is 1. The number of aliphatic hydroxyl groups is 1. The summed E-state index contributed by atoms with van der Waals surface area (Å²) < 4.78 is 12.7. The van der Waals surface area contributed by atoms with E-state index in [1.807, 2.05) is 0 Å². The van der Waals surface area contributed by atoms with Crippen molar-refractivity contribution in [2.45, 2.75) is 25.9 Å². The van der Waals surface area contributed by atoms with Gasteiger partial charge in [0, 0.05) is 17.9 Å². The van der Waals surface area contributed by atoms with Crippen LogP contribution in [0.4, 0.5) is 4.39 Å². The van der Waals surface area contributed by atoms with Gasteiger partial charge < -0.3 is 5.11 Å². The smallest absolute Gasteiger partial charge is 0.124 e. The highest BCUT2D eigenvalue weighted by molar-refractivity contribution is 6.31. The first-order valence-corrected chi connectivity index (χ1v) is 5.03. The van der Waals surface area contributed by atoms with Gasteiger partial charge in [0.1, 0.15) is 5.82 Å². The fourth-order valence-electron chi connectivity index (χ4n) is 1.23. The lowest BCUT2D eigenvalue weighted by Crippen LogP contribution is -2.09. The second-order valence-corrected chi connectivity index (χ2v) is 3.63. The zero-order valence-corrected chi connectivity index (χ0v) is 9.18. The van der Waals surface area contributed by atoms with Gasteiger partial charge >= 0.3 is 0 Å². The molecule has 80 valence electrons. The van der Waals surface area contributed by atoms with Crippen LogP contribution in [0.15, 0.2) is 18.2 Å². The second-order valence-electron chi connectivity index (χ2n) is 3.22. The molecule has 0 aliphatic carbocycles. The van der Waals surface area contributed by atoms with E-state index in [0.717, 1.165) is 5.56 Å². The molecule has 0 spiro atoms. The van der Waals surface area contributed by atoms with Crippen molar-refractivity contribution in [3.8, 4) is 11.8 Å². The minimum absolute atomic E-state index is 0.346. The van der Waals surface area contributed by atoms with E-state index in [0.29, 0.717) is 17.9 Å². The summed E-state index contributed by atoms with van der Waals surface area (Å²) in [5, 5.41) is 9.92. The molecule has 0 aromatic heterocycles. The van der Waals surface area contributed by atoms with Gasteiger partial charge in [-0.05, 0) is 24.6 Å². The third kappa shape index (κ3) is 3.91. The van der Waals surface area contributed by atoms with Crippen molar-refractivity contribution in [2.24, 2.45) is 0 Å². The van der Waals surface area contributed by atoms with Gasteiger partial charge in [0.2, 0.25) is 0 Å². The van der Waals surface area contributed by atoms with Crippen molar-refractivity contribution in [2.75, 3.05) is 0 Å². The van der Waals surface area contributed by atoms with E-state index < -0.39 is 6.10 Å². The summed E-state index contributed by atoms with van der Waals surface area (Å²) in [6, 6.07) is 4.16. The predicted molar refractivity (Wildman–Crippen MR) is 59.2 cm³/mol. The lowest BCUT2D eigenvalue weighted by Gasteiger charge is -2.08. The van der Waals surface area contributed by atoms with Crippen molar-refractivity contribution < 1.29 is 9.50 Å². The molecule has 0 saturated carbocycles. The highest BCUT2D eigenvalue weighted by Gasteiger charge is 2.07. The van der Waals surface area contributed by atoms with Gasteiger partial charge in [0.25, 0.3) is 0 Å². The molecule has 1 rings (SSSR count). The summed E-state index contributed by atoms with van der Waals surface area (Å²) >= 11 is 5.82. The first-order valence-electron chi connectivity index (χ1n) is 4.65. The summed E-state index contributed by atoms with van der Waals surface area (Å²) in [5.41, 5.74) is 0.739. The molecule has 0 fully saturated rings. The standard InChI is InChI=1S/C12H12ClFO/c1-2-3-4-11(15)7-9-5-6-10(14)8-12(9)13/h5-6,8,11,15H,4,7H2,1H3. The molecular weight excluding hydrogens is 215 g/mol. The van der Waals surface area contributed by atoms with Crippen molar-refractivity contribution >= 4 is 11.6 Å². The Morgan fingerprint density at radius 2 is 2.27 bits per heavy atom. The normalized spacial score (nSPS) is 11.7. The fraction of sp³-hybridized carbons (Fsp3) is 0.333. The predicted octanol–water partition coefficient (Wildman–Crippen LogP) is 2.80. The van der Waals surface area contributed by atoms with Gasteiger partial charge in [-0.2, -0.15) is 0 Å². The molecule has 0 saturated heterocycles. The van der Waals surface area contributed by atoms with Crippen LogP contribution in [-0.2, 0) is 6.42 Å². The van der Waals surface area contributed by atoms with E-state index in [-0.39, 0.29) is 5.82 Å². The molecule has 0 radical (unpaired) electrons. The maximum absolute atomic E-state index is 12.7. The molecule has 1 atom stereocenters. The van der Waals surface area contributed by atoms with Crippen molar-refractivity contribution in [3.05, 3.63) is 34.6 Å². The second kappa shape index (κ2) is 5.75. The number of benzene rings is 1. The van der Waals surface area contributed by atoms with Gasteiger partial charge in [-0.25, -0.2) is 4.39 Å². The van der Waals surface area contributed by atoms with Crippen LogP contribution in [-0.4, -0.2) is 11.2 Å². The van der Waals surface area contributed by atoms with Gasteiger partial charge in [0.15, 0.2) is 0 Å². The van der Waals surface area contributed by atoms with Crippen molar-refractivity contribution in [1.29, 1.82) is 0 Å². The monoisotopic (exact) mass is 226 g/mol. The molecule has 1 nitrogen and oxygen atoms in total. The molecule has 0 aliphatic rings. The van der Waals surface area contributed by atoms with Crippen LogP contribution in [0.1, 0.15) is 18.9 Å². The van der Waals surface area contributed by atoms with Crippen LogP contribution in [0, 0.1) is 17.7 Å². The van der Waals surface area contributed by atoms with E-state index >= 15 is 0 Å². The van der Waals surface area contributed by atoms with Crippen LogP contribution < -0.4 is 0 Å². The lowest BCUT2D eigenvalue weighted by atomic mass is 10.1. The molecular formula is C12H12ClFO. The van der Waals surface area contributed by atoms with E-state index in [2.05, 4.69) is 11.8 Å². The fourth-order valence-corrected chi connectivity index (χ4v) is 1.48. The molecule has 15 heavy (non-hydrogen) atoms. The molecule has 0 aliphatic heterocycles. The van der Waals surface area contributed by atoms with Crippen LogP contribution in [0.3, 0.4) is 0 Å². The average Bonchev–Trinajstić information content (AvgIpc) is 2.19. The summed E-state index contributed by atoms with van der Waals surface area (Å²) in [6.07, 6.45) is 0.248. The Kier molecular flexibility index (Phi) is 4.61. The van der Waals surface area contributed by atoms with Gasteiger partial charge in [-0.1, -0.05) is 17.7 Å².